The Hall–Kier alpha value is -1.75. The van der Waals surface area contributed by atoms with Crippen molar-refractivity contribution < 1.29 is 4.79 Å². The van der Waals surface area contributed by atoms with E-state index in [0.717, 1.165) is 24.5 Å². The number of hydrogen-bond acceptors (Lipinski definition) is 4. The van der Waals surface area contributed by atoms with Crippen molar-refractivity contribution >= 4 is 17.3 Å². The summed E-state index contributed by atoms with van der Waals surface area (Å²) >= 11 is 0. The summed E-state index contributed by atoms with van der Waals surface area (Å²) in [6.07, 6.45) is 2.34. The molecule has 5 nitrogen and oxygen atoms in total. The third-order valence-electron chi connectivity index (χ3n) is 3.78. The SMILES string of the molecule is CNC(=O)c1ccc(N)c(N2CCCC2CN(C)C)c1. The van der Waals surface area contributed by atoms with Crippen LogP contribution in [0.4, 0.5) is 11.4 Å². The van der Waals surface area contributed by atoms with Gasteiger partial charge in [-0.25, -0.2) is 0 Å². The quantitative estimate of drug-likeness (QED) is 0.810. The number of benzene rings is 1. The Kier molecular flexibility index (Phi) is 4.49. The van der Waals surface area contributed by atoms with E-state index in [2.05, 4.69) is 29.2 Å². The van der Waals surface area contributed by atoms with Gasteiger partial charge in [0.05, 0.1) is 11.4 Å². The number of hydrogen-bond donors (Lipinski definition) is 2. The van der Waals surface area contributed by atoms with Crippen molar-refractivity contribution in [3.8, 4) is 0 Å². The molecule has 0 bridgehead atoms. The Balaban J connectivity index is 2.28. The molecule has 0 saturated carbocycles. The van der Waals surface area contributed by atoms with Crippen LogP contribution in [-0.4, -0.2) is 51.1 Å². The van der Waals surface area contributed by atoms with E-state index < -0.39 is 0 Å². The number of carbonyl (C=O) groups excluding carboxylic acids is 1. The number of nitrogen functional groups attached to an aromatic ring is 1. The Morgan fingerprint density at radius 3 is 2.90 bits per heavy atom. The molecule has 1 fully saturated rings. The summed E-state index contributed by atoms with van der Waals surface area (Å²) in [5.74, 6) is -0.0744. The molecule has 1 unspecified atom stereocenters. The number of nitrogens with two attached hydrogens (primary N) is 1. The smallest absolute Gasteiger partial charge is 0.251 e. The van der Waals surface area contributed by atoms with Gasteiger partial charge in [-0.15, -0.1) is 0 Å². The number of amides is 1. The summed E-state index contributed by atoms with van der Waals surface area (Å²) in [4.78, 5) is 16.3. The first-order chi connectivity index (χ1) is 9.52. The highest BCUT2D eigenvalue weighted by Gasteiger charge is 2.26. The molecule has 1 aromatic rings. The van der Waals surface area contributed by atoms with Crippen LogP contribution in [0, 0.1) is 0 Å². The standard InChI is InChI=1S/C15H24N4O/c1-17-15(20)11-6-7-13(16)14(9-11)19-8-4-5-12(19)10-18(2)3/h6-7,9,12H,4-5,8,10,16H2,1-3H3,(H,17,20). The molecule has 1 aromatic carbocycles. The number of likely N-dealkylation sites (N-methyl/N-ethyl adjacent to an activating group) is 1. The predicted octanol–water partition coefficient (Wildman–Crippen LogP) is 1.16. The van der Waals surface area contributed by atoms with Crippen molar-refractivity contribution in [2.24, 2.45) is 0 Å². The average Bonchev–Trinajstić information content (AvgIpc) is 2.85. The molecule has 0 radical (unpaired) electrons. The maximum absolute atomic E-state index is 11.8. The first-order valence-corrected chi connectivity index (χ1v) is 7.06. The minimum atomic E-state index is -0.0744. The zero-order valence-electron chi connectivity index (χ0n) is 12.5. The molecule has 0 spiro atoms. The highest BCUT2D eigenvalue weighted by atomic mass is 16.1. The molecule has 0 aromatic heterocycles. The molecular formula is C15H24N4O. The highest BCUT2D eigenvalue weighted by Crippen LogP contribution is 2.31. The molecule has 20 heavy (non-hydrogen) atoms. The summed E-state index contributed by atoms with van der Waals surface area (Å²) in [6, 6.07) is 5.97. The van der Waals surface area contributed by atoms with Crippen LogP contribution in [0.2, 0.25) is 0 Å². The van der Waals surface area contributed by atoms with Gasteiger partial charge in [0.25, 0.3) is 5.91 Å². The van der Waals surface area contributed by atoms with Gasteiger partial charge in [-0.3, -0.25) is 4.79 Å². The van der Waals surface area contributed by atoms with Crippen molar-refractivity contribution in [3.05, 3.63) is 23.8 Å². The van der Waals surface area contributed by atoms with Crippen LogP contribution in [0.15, 0.2) is 18.2 Å². The van der Waals surface area contributed by atoms with E-state index in [-0.39, 0.29) is 5.91 Å². The van der Waals surface area contributed by atoms with Crippen LogP contribution < -0.4 is 16.0 Å². The van der Waals surface area contributed by atoms with Gasteiger partial charge in [0.15, 0.2) is 0 Å². The lowest BCUT2D eigenvalue weighted by atomic mass is 10.1. The van der Waals surface area contributed by atoms with Gasteiger partial charge in [-0.05, 0) is 45.1 Å². The summed E-state index contributed by atoms with van der Waals surface area (Å²) in [5.41, 5.74) is 8.50. The lowest BCUT2D eigenvalue weighted by molar-refractivity contribution is 0.0963. The number of nitrogens with one attached hydrogen (secondary N) is 1. The maximum atomic E-state index is 11.8. The minimum Gasteiger partial charge on any atom is -0.397 e. The van der Waals surface area contributed by atoms with Gasteiger partial charge in [-0.2, -0.15) is 0 Å². The van der Waals surface area contributed by atoms with Crippen LogP contribution in [-0.2, 0) is 0 Å². The monoisotopic (exact) mass is 276 g/mol. The van der Waals surface area contributed by atoms with E-state index in [1.54, 1.807) is 13.1 Å². The molecule has 3 N–H and O–H groups in total. The fourth-order valence-electron chi connectivity index (χ4n) is 2.84. The molecule has 1 atom stereocenters. The van der Waals surface area contributed by atoms with E-state index in [1.807, 2.05) is 12.1 Å². The Bertz CT molecular complexity index is 487. The van der Waals surface area contributed by atoms with Crippen molar-refractivity contribution in [1.29, 1.82) is 0 Å². The molecule has 1 heterocycles. The zero-order valence-corrected chi connectivity index (χ0v) is 12.5. The van der Waals surface area contributed by atoms with Crippen molar-refractivity contribution in [2.45, 2.75) is 18.9 Å². The molecule has 1 amide bonds. The van der Waals surface area contributed by atoms with Crippen LogP contribution in [0.5, 0.6) is 0 Å². The predicted molar refractivity (Wildman–Crippen MR) is 83.2 cm³/mol. The fourth-order valence-corrected chi connectivity index (χ4v) is 2.84. The Morgan fingerprint density at radius 1 is 1.50 bits per heavy atom. The van der Waals surface area contributed by atoms with E-state index in [0.29, 0.717) is 11.6 Å². The van der Waals surface area contributed by atoms with Crippen molar-refractivity contribution in [1.82, 2.24) is 10.2 Å². The second-order valence-electron chi connectivity index (χ2n) is 5.60. The fraction of sp³-hybridized carbons (Fsp3) is 0.533. The minimum absolute atomic E-state index is 0.0744. The number of rotatable bonds is 4. The molecular weight excluding hydrogens is 252 g/mol. The maximum Gasteiger partial charge on any atom is 0.251 e. The summed E-state index contributed by atoms with van der Waals surface area (Å²) in [5, 5.41) is 2.66. The van der Waals surface area contributed by atoms with Crippen LogP contribution in [0.1, 0.15) is 23.2 Å². The lowest BCUT2D eigenvalue weighted by Gasteiger charge is -2.30. The third kappa shape index (κ3) is 3.04. The third-order valence-corrected chi connectivity index (χ3v) is 3.78. The summed E-state index contributed by atoms with van der Waals surface area (Å²) in [6.45, 7) is 2.00. The van der Waals surface area contributed by atoms with Crippen LogP contribution in [0.3, 0.4) is 0 Å². The van der Waals surface area contributed by atoms with Crippen molar-refractivity contribution in [2.75, 3.05) is 44.9 Å². The molecule has 0 aliphatic carbocycles. The summed E-state index contributed by atoms with van der Waals surface area (Å²) < 4.78 is 0. The summed E-state index contributed by atoms with van der Waals surface area (Å²) in [7, 11) is 5.81. The zero-order chi connectivity index (χ0) is 14.7. The van der Waals surface area contributed by atoms with Gasteiger partial charge in [0, 0.05) is 31.7 Å². The normalized spacial score (nSPS) is 18.6. The molecule has 110 valence electrons. The Labute approximate surface area is 120 Å². The van der Waals surface area contributed by atoms with Gasteiger partial charge in [-0.1, -0.05) is 0 Å². The largest absolute Gasteiger partial charge is 0.397 e. The Morgan fingerprint density at radius 2 is 2.25 bits per heavy atom. The molecule has 2 rings (SSSR count). The second kappa shape index (κ2) is 6.13. The molecule has 1 saturated heterocycles. The van der Waals surface area contributed by atoms with Crippen molar-refractivity contribution in [3.63, 3.8) is 0 Å². The first-order valence-electron chi connectivity index (χ1n) is 7.06. The number of anilines is 2. The van der Waals surface area contributed by atoms with E-state index in [4.69, 9.17) is 5.73 Å². The van der Waals surface area contributed by atoms with E-state index >= 15 is 0 Å². The number of nitrogens with zero attached hydrogens (tertiary/aromatic N) is 2. The van der Waals surface area contributed by atoms with Crippen LogP contribution >= 0.6 is 0 Å². The topological polar surface area (TPSA) is 61.6 Å². The second-order valence-corrected chi connectivity index (χ2v) is 5.60. The van der Waals surface area contributed by atoms with Gasteiger partial charge in [0.2, 0.25) is 0 Å². The first kappa shape index (κ1) is 14.7. The van der Waals surface area contributed by atoms with E-state index in [1.165, 1.54) is 12.8 Å². The van der Waals surface area contributed by atoms with Gasteiger partial charge in [0.1, 0.15) is 0 Å². The molecule has 1 aliphatic heterocycles. The van der Waals surface area contributed by atoms with E-state index in [9.17, 15) is 4.79 Å². The lowest BCUT2D eigenvalue weighted by Crippen LogP contribution is -2.38. The van der Waals surface area contributed by atoms with Crippen LogP contribution in [0.25, 0.3) is 0 Å². The molecule has 1 aliphatic rings. The number of carbonyl (C=O) groups is 1. The van der Waals surface area contributed by atoms with Gasteiger partial charge < -0.3 is 20.9 Å². The highest BCUT2D eigenvalue weighted by molar-refractivity contribution is 5.96. The van der Waals surface area contributed by atoms with Gasteiger partial charge >= 0.3 is 0 Å². The molecule has 5 heteroatoms. The average molecular weight is 276 g/mol.